The first-order chi connectivity index (χ1) is 10.6. The minimum atomic E-state index is -0.287. The highest BCUT2D eigenvalue weighted by atomic mass is 35.5. The highest BCUT2D eigenvalue weighted by Crippen LogP contribution is 2.30. The molecule has 1 N–H and O–H groups in total. The number of hydrogen-bond acceptors (Lipinski definition) is 2. The normalized spacial score (nSPS) is 12.2. The van der Waals surface area contributed by atoms with Crippen molar-refractivity contribution >= 4 is 23.2 Å². The second-order valence-corrected chi connectivity index (χ2v) is 5.83. The Labute approximate surface area is 139 Å². The molecule has 1 atom stereocenters. The third kappa shape index (κ3) is 4.87. The predicted molar refractivity (Wildman–Crippen MR) is 87.4 cm³/mol. The van der Waals surface area contributed by atoms with E-state index in [1.807, 2.05) is 6.07 Å². The van der Waals surface area contributed by atoms with Crippen LogP contribution in [0, 0.1) is 5.82 Å². The molecule has 0 fully saturated rings. The monoisotopic (exact) mass is 342 g/mol. The molecular weight excluding hydrogens is 326 g/mol. The summed E-state index contributed by atoms with van der Waals surface area (Å²) in [5, 5.41) is 10.7. The van der Waals surface area contributed by atoms with Crippen LogP contribution in [0.25, 0.3) is 0 Å². The molecule has 2 aromatic rings. The van der Waals surface area contributed by atoms with Crippen LogP contribution in [0.15, 0.2) is 42.5 Å². The second kappa shape index (κ2) is 8.37. The Morgan fingerprint density at radius 2 is 1.82 bits per heavy atom. The summed E-state index contributed by atoms with van der Waals surface area (Å²) in [4.78, 5) is 0. The van der Waals surface area contributed by atoms with Crippen LogP contribution in [-0.2, 0) is 0 Å². The van der Waals surface area contributed by atoms with Gasteiger partial charge in [0.15, 0.2) is 0 Å². The summed E-state index contributed by atoms with van der Waals surface area (Å²) in [6.45, 7) is 0.505. The molecule has 2 nitrogen and oxygen atoms in total. The van der Waals surface area contributed by atoms with E-state index in [2.05, 4.69) is 0 Å². The topological polar surface area (TPSA) is 29.5 Å². The van der Waals surface area contributed by atoms with Crippen LogP contribution in [0.1, 0.15) is 24.3 Å². The average molecular weight is 343 g/mol. The quantitative estimate of drug-likeness (QED) is 0.712. The van der Waals surface area contributed by atoms with Gasteiger partial charge in [0, 0.05) is 22.6 Å². The lowest BCUT2D eigenvalue weighted by molar-refractivity contribution is 0.243. The van der Waals surface area contributed by atoms with Gasteiger partial charge < -0.3 is 9.84 Å². The Bertz CT molecular complexity index is 602. The van der Waals surface area contributed by atoms with Crippen LogP contribution in [0.4, 0.5) is 4.39 Å². The predicted octanol–water partition coefficient (Wildman–Crippen LogP) is 5.07. The number of aliphatic hydroxyl groups is 1. The van der Waals surface area contributed by atoms with Crippen LogP contribution in [0.5, 0.6) is 5.75 Å². The summed E-state index contributed by atoms with van der Waals surface area (Å²) >= 11 is 12.0. The Kier molecular flexibility index (Phi) is 6.49. The van der Waals surface area contributed by atoms with E-state index in [9.17, 15) is 9.50 Å². The summed E-state index contributed by atoms with van der Waals surface area (Å²) in [7, 11) is 0. The van der Waals surface area contributed by atoms with Gasteiger partial charge in [-0.15, -0.1) is 0 Å². The number of aliphatic hydroxyl groups excluding tert-OH is 1. The summed E-state index contributed by atoms with van der Waals surface area (Å²) < 4.78 is 18.3. The molecule has 0 aliphatic heterocycles. The van der Waals surface area contributed by atoms with E-state index in [1.54, 1.807) is 24.3 Å². The minimum Gasteiger partial charge on any atom is -0.494 e. The van der Waals surface area contributed by atoms with Crippen LogP contribution >= 0.6 is 23.2 Å². The number of benzene rings is 2. The molecule has 0 unspecified atom stereocenters. The lowest BCUT2D eigenvalue weighted by Crippen LogP contribution is -2.07. The van der Waals surface area contributed by atoms with E-state index < -0.39 is 0 Å². The summed E-state index contributed by atoms with van der Waals surface area (Å²) in [5.41, 5.74) is 0.885. The molecule has 0 aliphatic rings. The van der Waals surface area contributed by atoms with E-state index in [0.717, 1.165) is 18.4 Å². The maximum atomic E-state index is 12.8. The first-order valence-corrected chi connectivity index (χ1v) is 7.80. The lowest BCUT2D eigenvalue weighted by atomic mass is 9.95. The Morgan fingerprint density at radius 3 is 2.45 bits per heavy atom. The molecule has 0 amide bonds. The molecule has 22 heavy (non-hydrogen) atoms. The van der Waals surface area contributed by atoms with Gasteiger partial charge in [-0.25, -0.2) is 4.39 Å². The maximum absolute atomic E-state index is 12.8. The molecule has 2 aromatic carbocycles. The SMILES string of the molecule is OC[C@@H](CCCOc1ccc(F)cc1)c1ccc(Cl)cc1Cl. The zero-order chi connectivity index (χ0) is 15.9. The van der Waals surface area contributed by atoms with Crippen molar-refractivity contribution in [3.63, 3.8) is 0 Å². The molecule has 0 radical (unpaired) electrons. The first kappa shape index (κ1) is 17.1. The van der Waals surface area contributed by atoms with Crippen molar-refractivity contribution in [2.75, 3.05) is 13.2 Å². The molecule has 118 valence electrons. The van der Waals surface area contributed by atoms with E-state index in [1.165, 1.54) is 12.1 Å². The molecule has 2 rings (SSSR count). The van der Waals surface area contributed by atoms with Crippen LogP contribution in [-0.4, -0.2) is 18.3 Å². The highest BCUT2D eigenvalue weighted by Gasteiger charge is 2.14. The molecule has 5 heteroatoms. The number of rotatable bonds is 7. The van der Waals surface area contributed by atoms with E-state index in [4.69, 9.17) is 27.9 Å². The van der Waals surface area contributed by atoms with Crippen molar-refractivity contribution < 1.29 is 14.2 Å². The van der Waals surface area contributed by atoms with Gasteiger partial charge in [-0.3, -0.25) is 0 Å². The van der Waals surface area contributed by atoms with E-state index in [0.29, 0.717) is 22.4 Å². The van der Waals surface area contributed by atoms with Gasteiger partial charge in [0.05, 0.1) is 6.61 Å². The smallest absolute Gasteiger partial charge is 0.123 e. The van der Waals surface area contributed by atoms with E-state index >= 15 is 0 Å². The van der Waals surface area contributed by atoms with Gasteiger partial charge >= 0.3 is 0 Å². The highest BCUT2D eigenvalue weighted by molar-refractivity contribution is 6.35. The molecule has 0 spiro atoms. The molecular formula is C17H17Cl2FO2. The summed E-state index contributed by atoms with van der Waals surface area (Å²) in [5.74, 6) is 0.290. The fraction of sp³-hybridized carbons (Fsp3) is 0.294. The first-order valence-electron chi connectivity index (χ1n) is 7.04. The maximum Gasteiger partial charge on any atom is 0.123 e. The van der Waals surface area contributed by atoms with Crippen LogP contribution in [0.2, 0.25) is 10.0 Å². The van der Waals surface area contributed by atoms with Gasteiger partial charge in [0.1, 0.15) is 11.6 Å². The number of halogens is 3. The lowest BCUT2D eigenvalue weighted by Gasteiger charge is -2.16. The van der Waals surface area contributed by atoms with Gasteiger partial charge in [-0.1, -0.05) is 29.3 Å². The summed E-state index contributed by atoms with van der Waals surface area (Å²) in [6, 6.07) is 11.2. The van der Waals surface area contributed by atoms with Crippen molar-refractivity contribution in [3.8, 4) is 5.75 Å². The number of hydrogen-bond donors (Lipinski definition) is 1. The van der Waals surface area contributed by atoms with Gasteiger partial charge in [-0.05, 0) is 54.8 Å². The molecule has 0 saturated heterocycles. The van der Waals surface area contributed by atoms with Gasteiger partial charge in [-0.2, -0.15) is 0 Å². The number of ether oxygens (including phenoxy) is 1. The van der Waals surface area contributed by atoms with Crippen molar-refractivity contribution in [2.24, 2.45) is 0 Å². The fourth-order valence-electron chi connectivity index (χ4n) is 2.23. The Morgan fingerprint density at radius 1 is 1.09 bits per heavy atom. The molecule has 0 saturated carbocycles. The fourth-order valence-corrected chi connectivity index (χ4v) is 2.79. The third-order valence-electron chi connectivity index (χ3n) is 3.40. The largest absolute Gasteiger partial charge is 0.494 e. The van der Waals surface area contributed by atoms with E-state index in [-0.39, 0.29) is 18.3 Å². The Balaban J connectivity index is 1.84. The van der Waals surface area contributed by atoms with Crippen molar-refractivity contribution in [1.29, 1.82) is 0 Å². The van der Waals surface area contributed by atoms with Crippen molar-refractivity contribution in [2.45, 2.75) is 18.8 Å². The molecule has 0 heterocycles. The average Bonchev–Trinajstić information content (AvgIpc) is 2.50. The molecule has 0 bridgehead atoms. The minimum absolute atomic E-state index is 0.0118. The third-order valence-corrected chi connectivity index (χ3v) is 3.96. The Hall–Kier alpha value is -1.29. The zero-order valence-electron chi connectivity index (χ0n) is 11.9. The zero-order valence-corrected chi connectivity index (χ0v) is 13.4. The molecule has 0 aliphatic carbocycles. The van der Waals surface area contributed by atoms with Crippen LogP contribution in [0.3, 0.4) is 0 Å². The molecule has 0 aromatic heterocycles. The van der Waals surface area contributed by atoms with Crippen molar-refractivity contribution in [3.05, 3.63) is 63.9 Å². The summed E-state index contributed by atoms with van der Waals surface area (Å²) in [6.07, 6.45) is 1.49. The van der Waals surface area contributed by atoms with Gasteiger partial charge in [0.2, 0.25) is 0 Å². The van der Waals surface area contributed by atoms with Crippen molar-refractivity contribution in [1.82, 2.24) is 0 Å². The van der Waals surface area contributed by atoms with Crippen LogP contribution < -0.4 is 4.74 Å². The standard InChI is InChI=1S/C17H17Cl2FO2/c18-13-3-8-16(17(19)10-13)12(11-21)2-1-9-22-15-6-4-14(20)5-7-15/h3-8,10,12,21H,1-2,9,11H2/t12-/m1/s1. The second-order valence-electron chi connectivity index (χ2n) is 4.99. The van der Waals surface area contributed by atoms with Gasteiger partial charge in [0.25, 0.3) is 0 Å².